The molecule has 1 saturated heterocycles. The Balaban J connectivity index is 1.43. The first-order valence-corrected chi connectivity index (χ1v) is 11.6. The second-order valence-corrected chi connectivity index (χ2v) is 9.62. The Hall–Kier alpha value is -2.16. The average molecular weight is 414 g/mol. The third kappa shape index (κ3) is 4.55. The van der Waals surface area contributed by atoms with E-state index < -0.39 is 10.0 Å². The fourth-order valence-electron chi connectivity index (χ4n) is 4.01. The largest absolute Gasteiger partial charge is 0.300 e. The second kappa shape index (κ2) is 8.69. The highest BCUT2D eigenvalue weighted by atomic mass is 32.2. The van der Waals surface area contributed by atoms with Gasteiger partial charge in [0.2, 0.25) is 10.0 Å². The monoisotopic (exact) mass is 413 g/mol. The van der Waals surface area contributed by atoms with E-state index in [0.717, 1.165) is 32.5 Å². The van der Waals surface area contributed by atoms with Crippen LogP contribution in [0, 0.1) is 12.8 Å². The van der Waals surface area contributed by atoms with Gasteiger partial charge in [-0.25, -0.2) is 18.4 Å². The van der Waals surface area contributed by atoms with Gasteiger partial charge in [-0.2, -0.15) is 4.31 Å². The number of sulfonamides is 1. The number of allylic oxidation sites excluding steroid dienone is 2. The molecule has 154 valence electrons. The molecule has 1 aliphatic heterocycles. The molecular formula is C21H27N5O2S. The predicted octanol–water partition coefficient (Wildman–Crippen LogP) is 2.51. The molecule has 0 N–H and O–H groups in total. The first-order chi connectivity index (χ1) is 14.0. The smallest absolute Gasteiger partial charge is 0.246 e. The summed E-state index contributed by atoms with van der Waals surface area (Å²) in [5.74, 6) is 1.13. The molecule has 8 heteroatoms. The number of piperazine rings is 1. The van der Waals surface area contributed by atoms with Crippen molar-refractivity contribution in [3.8, 4) is 11.5 Å². The summed E-state index contributed by atoms with van der Waals surface area (Å²) in [5, 5.41) is 0. The van der Waals surface area contributed by atoms with E-state index in [1.165, 1.54) is 12.6 Å². The lowest BCUT2D eigenvalue weighted by Gasteiger charge is -2.36. The van der Waals surface area contributed by atoms with Crippen molar-refractivity contribution in [2.45, 2.75) is 31.1 Å². The van der Waals surface area contributed by atoms with E-state index in [0.29, 0.717) is 36.2 Å². The summed E-state index contributed by atoms with van der Waals surface area (Å²) in [7, 11) is -3.60. The summed E-state index contributed by atoms with van der Waals surface area (Å²) in [6.07, 6.45) is 11.1. The molecular weight excluding hydrogens is 386 g/mol. The van der Waals surface area contributed by atoms with Gasteiger partial charge in [-0.15, -0.1) is 0 Å². The van der Waals surface area contributed by atoms with Gasteiger partial charge in [0.15, 0.2) is 5.82 Å². The molecule has 0 aromatic carbocycles. The fourth-order valence-corrected chi connectivity index (χ4v) is 5.53. The Labute approximate surface area is 172 Å². The number of aryl methyl sites for hydroxylation is 1. The topological polar surface area (TPSA) is 79.3 Å². The number of hydrogen-bond acceptors (Lipinski definition) is 6. The summed E-state index contributed by atoms with van der Waals surface area (Å²) in [4.78, 5) is 15.5. The molecule has 3 heterocycles. The lowest BCUT2D eigenvalue weighted by molar-refractivity contribution is 0.160. The van der Waals surface area contributed by atoms with Gasteiger partial charge in [-0.05, 0) is 44.2 Å². The van der Waals surface area contributed by atoms with Crippen molar-refractivity contribution in [1.82, 2.24) is 24.2 Å². The van der Waals surface area contributed by atoms with Crippen molar-refractivity contribution in [1.29, 1.82) is 0 Å². The summed E-state index contributed by atoms with van der Waals surface area (Å²) >= 11 is 0. The molecule has 1 fully saturated rings. The summed E-state index contributed by atoms with van der Waals surface area (Å²) in [5.41, 5.74) is 1.09. The molecule has 0 radical (unpaired) electrons. The normalized spacial score (nSPS) is 21.3. The van der Waals surface area contributed by atoms with Crippen molar-refractivity contribution in [2.24, 2.45) is 5.92 Å². The molecule has 7 nitrogen and oxygen atoms in total. The summed E-state index contributed by atoms with van der Waals surface area (Å²) < 4.78 is 27.9. The van der Waals surface area contributed by atoms with Gasteiger partial charge in [0.05, 0.1) is 11.9 Å². The van der Waals surface area contributed by atoms with Gasteiger partial charge in [-0.1, -0.05) is 18.2 Å². The molecule has 2 aromatic heterocycles. The standard InChI is InChI=1S/C21H27N5O2S/c1-17-20(15-23-21(24-17)19-9-5-6-10-22-19)29(27,28)26-13-11-25(12-14-26)16-18-7-3-2-4-8-18/h2-3,5-6,9-10,15,18H,4,7-8,11-14,16H2,1H3. The zero-order chi connectivity index (χ0) is 20.3. The van der Waals surface area contributed by atoms with Gasteiger partial charge >= 0.3 is 0 Å². The minimum absolute atomic E-state index is 0.183. The van der Waals surface area contributed by atoms with Gasteiger partial charge < -0.3 is 4.90 Å². The molecule has 2 aromatic rings. The van der Waals surface area contributed by atoms with Crippen LogP contribution in [0.4, 0.5) is 0 Å². The van der Waals surface area contributed by atoms with Crippen molar-refractivity contribution in [3.63, 3.8) is 0 Å². The van der Waals surface area contributed by atoms with E-state index in [1.54, 1.807) is 17.4 Å². The Bertz CT molecular complexity index is 970. The Morgan fingerprint density at radius 3 is 2.59 bits per heavy atom. The molecule has 29 heavy (non-hydrogen) atoms. The summed E-state index contributed by atoms with van der Waals surface area (Å²) in [6, 6.07) is 5.48. The van der Waals surface area contributed by atoms with Gasteiger partial charge in [0.1, 0.15) is 10.6 Å². The fraction of sp³-hybridized carbons (Fsp3) is 0.476. The maximum Gasteiger partial charge on any atom is 0.246 e. The van der Waals surface area contributed by atoms with Crippen molar-refractivity contribution >= 4 is 10.0 Å². The van der Waals surface area contributed by atoms with Crippen molar-refractivity contribution < 1.29 is 8.42 Å². The molecule has 0 bridgehead atoms. The molecule has 1 aliphatic carbocycles. The number of rotatable bonds is 5. The molecule has 0 saturated carbocycles. The van der Waals surface area contributed by atoms with Gasteiger partial charge in [0.25, 0.3) is 0 Å². The van der Waals surface area contributed by atoms with Crippen LogP contribution in [0.1, 0.15) is 25.0 Å². The van der Waals surface area contributed by atoms with Crippen LogP contribution < -0.4 is 0 Å². The van der Waals surface area contributed by atoms with E-state index >= 15 is 0 Å². The van der Waals surface area contributed by atoms with E-state index in [2.05, 4.69) is 32.0 Å². The average Bonchev–Trinajstić information content (AvgIpc) is 2.75. The Morgan fingerprint density at radius 1 is 1.10 bits per heavy atom. The maximum absolute atomic E-state index is 13.2. The molecule has 0 spiro atoms. The van der Waals surface area contributed by atoms with E-state index in [1.807, 2.05) is 18.2 Å². The zero-order valence-corrected chi connectivity index (χ0v) is 17.6. The first-order valence-electron chi connectivity index (χ1n) is 10.2. The highest BCUT2D eigenvalue weighted by Crippen LogP contribution is 2.23. The third-order valence-corrected chi connectivity index (χ3v) is 7.67. The van der Waals surface area contributed by atoms with Gasteiger partial charge in [0, 0.05) is 38.9 Å². The third-order valence-electron chi connectivity index (χ3n) is 5.67. The minimum atomic E-state index is -3.60. The van der Waals surface area contributed by atoms with Crippen LogP contribution in [0.25, 0.3) is 11.5 Å². The highest BCUT2D eigenvalue weighted by molar-refractivity contribution is 7.89. The zero-order valence-electron chi connectivity index (χ0n) is 16.7. The number of hydrogen-bond donors (Lipinski definition) is 0. The van der Waals surface area contributed by atoms with Crippen LogP contribution >= 0.6 is 0 Å². The Kier molecular flexibility index (Phi) is 6.03. The molecule has 1 unspecified atom stereocenters. The van der Waals surface area contributed by atoms with Crippen LogP contribution in [0.2, 0.25) is 0 Å². The first kappa shape index (κ1) is 20.1. The van der Waals surface area contributed by atoms with E-state index in [-0.39, 0.29) is 4.90 Å². The lowest BCUT2D eigenvalue weighted by Crippen LogP contribution is -2.49. The van der Waals surface area contributed by atoms with Crippen molar-refractivity contribution in [2.75, 3.05) is 32.7 Å². The van der Waals surface area contributed by atoms with Crippen LogP contribution in [0.5, 0.6) is 0 Å². The van der Waals surface area contributed by atoms with E-state index in [9.17, 15) is 8.42 Å². The number of nitrogens with zero attached hydrogens (tertiary/aromatic N) is 5. The molecule has 4 rings (SSSR count). The maximum atomic E-state index is 13.2. The molecule has 1 atom stereocenters. The van der Waals surface area contributed by atoms with E-state index in [4.69, 9.17) is 0 Å². The molecule has 0 amide bonds. The number of aromatic nitrogens is 3. The van der Waals surface area contributed by atoms with Crippen molar-refractivity contribution in [3.05, 3.63) is 48.4 Å². The second-order valence-electron chi connectivity index (χ2n) is 7.71. The quantitative estimate of drug-likeness (QED) is 0.701. The van der Waals surface area contributed by atoms with Gasteiger partial charge in [-0.3, -0.25) is 4.98 Å². The minimum Gasteiger partial charge on any atom is -0.300 e. The number of pyridine rings is 1. The predicted molar refractivity (Wildman–Crippen MR) is 112 cm³/mol. The van der Waals surface area contributed by atoms with Crippen LogP contribution in [-0.2, 0) is 10.0 Å². The SMILES string of the molecule is Cc1nc(-c2ccccn2)ncc1S(=O)(=O)N1CCN(CC2CC=CCC2)CC1. The van der Waals surface area contributed by atoms with Crippen LogP contribution in [0.15, 0.2) is 47.6 Å². The molecule has 2 aliphatic rings. The lowest BCUT2D eigenvalue weighted by atomic mass is 9.94. The van der Waals surface area contributed by atoms with Crippen LogP contribution in [-0.4, -0.2) is 65.3 Å². The highest BCUT2D eigenvalue weighted by Gasteiger charge is 2.31. The summed E-state index contributed by atoms with van der Waals surface area (Å²) in [6.45, 7) is 5.32. The Morgan fingerprint density at radius 2 is 1.93 bits per heavy atom. The van der Waals surface area contributed by atoms with Crippen LogP contribution in [0.3, 0.4) is 0 Å².